The standard InChI is InChI=1S/C26H24/c1-4-9-23-19(3)26(25-18(2)10-8-13-24(23)25)22-16-14-21(15-17-22)20-11-6-5-7-12-20/h4-17,26H,1-3H3/b9-4-. The smallest absolute Gasteiger partial charge is 0.0314 e. The molecule has 0 radical (unpaired) electrons. The molecule has 1 aliphatic rings. The van der Waals surface area contributed by atoms with Crippen LogP contribution in [0.15, 0.2) is 90.5 Å². The molecule has 0 bridgehead atoms. The van der Waals surface area contributed by atoms with Gasteiger partial charge in [0.25, 0.3) is 0 Å². The molecule has 3 aromatic carbocycles. The highest BCUT2D eigenvalue weighted by atomic mass is 14.3. The molecule has 0 heteroatoms. The zero-order valence-electron chi connectivity index (χ0n) is 15.7. The minimum Gasteiger partial charge on any atom is -0.0870 e. The second-order valence-corrected chi connectivity index (χ2v) is 7.05. The van der Waals surface area contributed by atoms with Crippen molar-refractivity contribution < 1.29 is 0 Å². The Balaban J connectivity index is 1.81. The van der Waals surface area contributed by atoms with Crippen LogP contribution in [0.25, 0.3) is 16.7 Å². The average Bonchev–Trinajstić information content (AvgIpc) is 2.96. The Morgan fingerprint density at radius 3 is 2.12 bits per heavy atom. The highest BCUT2D eigenvalue weighted by Crippen LogP contribution is 2.47. The molecule has 0 spiro atoms. The summed E-state index contributed by atoms with van der Waals surface area (Å²) in [4.78, 5) is 0. The molecular weight excluding hydrogens is 312 g/mol. The van der Waals surface area contributed by atoms with Gasteiger partial charge in [-0.1, -0.05) is 90.5 Å². The van der Waals surface area contributed by atoms with E-state index in [1.165, 1.54) is 44.5 Å². The van der Waals surface area contributed by atoms with E-state index < -0.39 is 0 Å². The van der Waals surface area contributed by atoms with Gasteiger partial charge in [-0.05, 0) is 59.7 Å². The van der Waals surface area contributed by atoms with Crippen molar-refractivity contribution in [3.05, 3.63) is 113 Å². The predicted molar refractivity (Wildman–Crippen MR) is 112 cm³/mol. The third-order valence-electron chi connectivity index (χ3n) is 5.45. The van der Waals surface area contributed by atoms with Gasteiger partial charge in [-0.15, -0.1) is 0 Å². The van der Waals surface area contributed by atoms with Crippen molar-refractivity contribution in [1.29, 1.82) is 0 Å². The van der Waals surface area contributed by atoms with Crippen molar-refractivity contribution in [1.82, 2.24) is 0 Å². The largest absolute Gasteiger partial charge is 0.0870 e. The van der Waals surface area contributed by atoms with Gasteiger partial charge in [-0.3, -0.25) is 0 Å². The summed E-state index contributed by atoms with van der Waals surface area (Å²) in [6.07, 6.45) is 4.40. The third kappa shape index (κ3) is 2.72. The van der Waals surface area contributed by atoms with Crippen molar-refractivity contribution in [2.45, 2.75) is 26.7 Å². The van der Waals surface area contributed by atoms with Crippen LogP contribution in [0.1, 0.15) is 42.0 Å². The van der Waals surface area contributed by atoms with Crippen molar-refractivity contribution >= 4 is 5.57 Å². The van der Waals surface area contributed by atoms with Crippen molar-refractivity contribution in [3.8, 4) is 11.1 Å². The minimum absolute atomic E-state index is 0.349. The number of benzene rings is 3. The van der Waals surface area contributed by atoms with Gasteiger partial charge in [-0.2, -0.15) is 0 Å². The molecule has 0 heterocycles. The Morgan fingerprint density at radius 2 is 1.42 bits per heavy atom. The Hall–Kier alpha value is -2.86. The Morgan fingerprint density at radius 1 is 0.731 bits per heavy atom. The van der Waals surface area contributed by atoms with E-state index in [1.54, 1.807) is 0 Å². The number of allylic oxidation sites excluding steroid dienone is 4. The number of aryl methyl sites for hydroxylation is 1. The van der Waals surface area contributed by atoms with Crippen LogP contribution in [-0.4, -0.2) is 0 Å². The molecule has 0 nitrogen and oxygen atoms in total. The summed E-state index contributed by atoms with van der Waals surface area (Å²) in [5.74, 6) is 0.349. The summed E-state index contributed by atoms with van der Waals surface area (Å²) in [6.45, 7) is 6.61. The molecule has 1 unspecified atom stereocenters. The number of hydrogen-bond acceptors (Lipinski definition) is 0. The molecule has 4 rings (SSSR count). The second-order valence-electron chi connectivity index (χ2n) is 7.05. The van der Waals surface area contributed by atoms with Crippen LogP contribution >= 0.6 is 0 Å². The zero-order valence-corrected chi connectivity index (χ0v) is 15.7. The summed E-state index contributed by atoms with van der Waals surface area (Å²) in [5.41, 5.74) is 11.0. The Labute approximate surface area is 156 Å². The first-order valence-electron chi connectivity index (χ1n) is 9.29. The molecule has 1 aliphatic carbocycles. The second kappa shape index (κ2) is 6.80. The van der Waals surface area contributed by atoms with Crippen LogP contribution in [0.5, 0.6) is 0 Å². The van der Waals surface area contributed by atoms with Crippen LogP contribution in [0, 0.1) is 6.92 Å². The molecule has 0 saturated heterocycles. The van der Waals surface area contributed by atoms with Gasteiger partial charge in [0, 0.05) is 5.92 Å². The van der Waals surface area contributed by atoms with E-state index in [0.717, 1.165) is 0 Å². The molecular formula is C26H24. The van der Waals surface area contributed by atoms with Gasteiger partial charge in [0.2, 0.25) is 0 Å². The van der Waals surface area contributed by atoms with Crippen molar-refractivity contribution in [3.63, 3.8) is 0 Å². The molecule has 128 valence electrons. The van der Waals surface area contributed by atoms with Crippen LogP contribution in [0.4, 0.5) is 0 Å². The number of fused-ring (bicyclic) bond motifs is 1. The lowest BCUT2D eigenvalue weighted by Gasteiger charge is -2.18. The summed E-state index contributed by atoms with van der Waals surface area (Å²) in [7, 11) is 0. The summed E-state index contributed by atoms with van der Waals surface area (Å²) in [6, 6.07) is 26.4. The van der Waals surface area contributed by atoms with E-state index in [0.29, 0.717) is 5.92 Å². The summed E-state index contributed by atoms with van der Waals surface area (Å²) in [5, 5.41) is 0. The lowest BCUT2D eigenvalue weighted by molar-refractivity contribution is 0.962. The first-order valence-corrected chi connectivity index (χ1v) is 9.29. The van der Waals surface area contributed by atoms with Gasteiger partial charge in [-0.25, -0.2) is 0 Å². The molecule has 0 fully saturated rings. The maximum absolute atomic E-state index is 2.30. The van der Waals surface area contributed by atoms with Crippen LogP contribution in [0.3, 0.4) is 0 Å². The average molecular weight is 336 g/mol. The van der Waals surface area contributed by atoms with E-state index in [1.807, 2.05) is 0 Å². The van der Waals surface area contributed by atoms with Gasteiger partial charge < -0.3 is 0 Å². The van der Waals surface area contributed by atoms with Crippen LogP contribution in [-0.2, 0) is 0 Å². The third-order valence-corrected chi connectivity index (χ3v) is 5.45. The highest BCUT2D eigenvalue weighted by Gasteiger charge is 2.29. The lowest BCUT2D eigenvalue weighted by atomic mass is 9.86. The van der Waals surface area contributed by atoms with Crippen molar-refractivity contribution in [2.75, 3.05) is 0 Å². The maximum Gasteiger partial charge on any atom is 0.0314 e. The van der Waals surface area contributed by atoms with E-state index in [-0.39, 0.29) is 0 Å². The Kier molecular flexibility index (Phi) is 4.34. The lowest BCUT2D eigenvalue weighted by Crippen LogP contribution is -2.01. The summed E-state index contributed by atoms with van der Waals surface area (Å²) >= 11 is 0. The van der Waals surface area contributed by atoms with Crippen molar-refractivity contribution in [2.24, 2.45) is 0 Å². The topological polar surface area (TPSA) is 0 Å². The molecule has 0 N–H and O–H groups in total. The first-order chi connectivity index (χ1) is 12.7. The SMILES string of the molecule is C/C=C\C1=C(C)C(c2ccc(-c3ccccc3)cc2)c2c(C)cccc21. The quantitative estimate of drug-likeness (QED) is 0.476. The van der Waals surface area contributed by atoms with Crippen LogP contribution < -0.4 is 0 Å². The van der Waals surface area contributed by atoms with Crippen LogP contribution in [0.2, 0.25) is 0 Å². The fourth-order valence-corrected chi connectivity index (χ4v) is 4.19. The fraction of sp³-hybridized carbons (Fsp3) is 0.154. The molecule has 3 aromatic rings. The molecule has 1 atom stereocenters. The maximum atomic E-state index is 2.30. The van der Waals surface area contributed by atoms with E-state index in [4.69, 9.17) is 0 Å². The predicted octanol–water partition coefficient (Wildman–Crippen LogP) is 7.16. The van der Waals surface area contributed by atoms with E-state index in [2.05, 4.69) is 106 Å². The molecule has 0 aromatic heterocycles. The van der Waals surface area contributed by atoms with Gasteiger partial charge in [0.1, 0.15) is 0 Å². The van der Waals surface area contributed by atoms with E-state index in [9.17, 15) is 0 Å². The molecule has 26 heavy (non-hydrogen) atoms. The molecule has 0 aliphatic heterocycles. The molecule has 0 amide bonds. The minimum atomic E-state index is 0.349. The monoisotopic (exact) mass is 336 g/mol. The summed E-state index contributed by atoms with van der Waals surface area (Å²) < 4.78 is 0. The van der Waals surface area contributed by atoms with E-state index >= 15 is 0 Å². The Bertz CT molecular complexity index is 986. The number of rotatable bonds is 3. The normalized spacial score (nSPS) is 16.3. The van der Waals surface area contributed by atoms with Gasteiger partial charge >= 0.3 is 0 Å². The zero-order chi connectivity index (χ0) is 18.1. The molecule has 0 saturated carbocycles. The fourth-order valence-electron chi connectivity index (χ4n) is 4.19. The highest BCUT2D eigenvalue weighted by molar-refractivity contribution is 5.86. The van der Waals surface area contributed by atoms with Gasteiger partial charge in [0.05, 0.1) is 0 Å². The van der Waals surface area contributed by atoms with Gasteiger partial charge in [0.15, 0.2) is 0 Å². The first kappa shape index (κ1) is 16.6. The number of hydrogen-bond donors (Lipinski definition) is 0.